The van der Waals surface area contributed by atoms with Gasteiger partial charge in [0, 0.05) is 37.1 Å². The minimum atomic E-state index is -0.490. The Morgan fingerprint density at radius 2 is 2.11 bits per heavy atom. The van der Waals surface area contributed by atoms with Crippen molar-refractivity contribution in [3.8, 4) is 5.75 Å². The maximum absolute atomic E-state index is 12.3. The summed E-state index contributed by atoms with van der Waals surface area (Å²) in [5.41, 5.74) is 1.49. The van der Waals surface area contributed by atoms with Crippen molar-refractivity contribution in [2.75, 3.05) is 19.0 Å². The smallest absolute Gasteiger partial charge is 0.329 e. The minimum Gasteiger partial charge on any atom is -0.495 e. The molecule has 0 aliphatic carbocycles. The molecule has 0 aliphatic rings. The van der Waals surface area contributed by atoms with Gasteiger partial charge in [-0.1, -0.05) is 11.6 Å². The van der Waals surface area contributed by atoms with E-state index in [0.29, 0.717) is 40.8 Å². The lowest BCUT2D eigenvalue weighted by molar-refractivity contribution is 0.416. The minimum absolute atomic E-state index is 0.349. The van der Waals surface area contributed by atoms with Crippen molar-refractivity contribution in [3.05, 3.63) is 56.0 Å². The van der Waals surface area contributed by atoms with Gasteiger partial charge in [-0.05, 0) is 25.1 Å². The second-order valence-corrected chi connectivity index (χ2v) is 6.90. The second kappa shape index (κ2) is 6.75. The highest BCUT2D eigenvalue weighted by atomic mass is 35.5. The molecule has 0 unspecified atom stereocenters. The van der Waals surface area contributed by atoms with Gasteiger partial charge in [0.25, 0.3) is 5.56 Å². The van der Waals surface area contributed by atoms with Crippen LogP contribution in [0.1, 0.15) is 5.69 Å². The molecular weight excluding hydrogens is 384 g/mol. The molecule has 2 N–H and O–H groups in total. The summed E-state index contributed by atoms with van der Waals surface area (Å²) in [6.45, 7) is 3.12. The first-order chi connectivity index (χ1) is 13.4. The van der Waals surface area contributed by atoms with E-state index in [-0.39, 0.29) is 0 Å². The normalized spacial score (nSPS) is 11.4. The lowest BCUT2D eigenvalue weighted by Gasteiger charge is -2.12. The number of ether oxygens (including phenoxy) is 1. The Morgan fingerprint density at radius 3 is 2.86 bits per heavy atom. The number of aryl methyl sites for hydroxylation is 2. The molecule has 4 rings (SSSR count). The van der Waals surface area contributed by atoms with E-state index in [9.17, 15) is 9.59 Å². The molecule has 28 heavy (non-hydrogen) atoms. The number of aromatic nitrogens is 5. The average Bonchev–Trinajstić information content (AvgIpc) is 3.16. The summed E-state index contributed by atoms with van der Waals surface area (Å²) in [6.07, 6.45) is 1.84. The molecule has 3 aromatic heterocycles. The van der Waals surface area contributed by atoms with Crippen LogP contribution in [0.25, 0.3) is 16.9 Å². The Bertz CT molecular complexity index is 1310. The van der Waals surface area contributed by atoms with Gasteiger partial charge in [0.05, 0.1) is 12.8 Å². The molecule has 0 radical (unpaired) electrons. The van der Waals surface area contributed by atoms with Crippen LogP contribution in [-0.4, -0.2) is 37.2 Å². The lowest BCUT2D eigenvalue weighted by Crippen LogP contribution is -2.28. The summed E-state index contributed by atoms with van der Waals surface area (Å²) < 4.78 is 10.4. The first-order valence-electron chi connectivity index (χ1n) is 8.65. The fourth-order valence-corrected chi connectivity index (χ4v) is 3.49. The number of hydrogen-bond donors (Lipinski definition) is 2. The standard InChI is InChI=1S/C18H19ClN6O3/c1-10-9-25-14-15(23(2)18(27)22-16(14)26)21-17(25)24(10)7-6-20-12-8-11(19)4-5-13(12)28-3/h4-5,8-9,20H,6-7H2,1-3H3,(H,22,26,27). The van der Waals surface area contributed by atoms with Crippen LogP contribution >= 0.6 is 11.6 Å². The molecule has 4 aromatic rings. The molecule has 0 bridgehead atoms. The van der Waals surface area contributed by atoms with Gasteiger partial charge in [-0.15, -0.1) is 0 Å². The van der Waals surface area contributed by atoms with Gasteiger partial charge < -0.3 is 14.6 Å². The van der Waals surface area contributed by atoms with E-state index in [2.05, 4.69) is 15.3 Å². The van der Waals surface area contributed by atoms with Crippen LogP contribution in [0.2, 0.25) is 5.02 Å². The van der Waals surface area contributed by atoms with E-state index in [1.807, 2.05) is 17.7 Å². The third-order valence-corrected chi connectivity index (χ3v) is 4.96. The zero-order valence-corrected chi connectivity index (χ0v) is 16.4. The number of nitrogens with one attached hydrogen (secondary N) is 2. The number of H-pyrrole nitrogens is 1. The Labute approximate surface area is 164 Å². The third-order valence-electron chi connectivity index (χ3n) is 4.73. The Balaban J connectivity index is 1.69. The summed E-state index contributed by atoms with van der Waals surface area (Å²) >= 11 is 6.07. The maximum atomic E-state index is 12.3. The van der Waals surface area contributed by atoms with E-state index in [0.717, 1.165) is 11.4 Å². The predicted molar refractivity (Wildman–Crippen MR) is 108 cm³/mol. The van der Waals surface area contributed by atoms with E-state index in [1.165, 1.54) is 4.57 Å². The first kappa shape index (κ1) is 18.2. The molecule has 0 atom stereocenters. The molecule has 0 spiro atoms. The van der Waals surface area contributed by atoms with Crippen LogP contribution in [0, 0.1) is 6.92 Å². The van der Waals surface area contributed by atoms with Crippen molar-refractivity contribution in [2.45, 2.75) is 13.5 Å². The number of nitrogens with zero attached hydrogens (tertiary/aromatic N) is 4. The maximum Gasteiger partial charge on any atom is 0.329 e. The SMILES string of the molecule is COc1ccc(Cl)cc1NCCn1c(C)cn2c3c(=O)[nH]c(=O)n(C)c3nc12. The van der Waals surface area contributed by atoms with Crippen molar-refractivity contribution < 1.29 is 4.74 Å². The average molecular weight is 403 g/mol. The van der Waals surface area contributed by atoms with Crippen molar-refractivity contribution in [3.63, 3.8) is 0 Å². The van der Waals surface area contributed by atoms with Crippen LogP contribution in [0.4, 0.5) is 5.69 Å². The van der Waals surface area contributed by atoms with Gasteiger partial charge in [-0.2, -0.15) is 4.98 Å². The zero-order valence-electron chi connectivity index (χ0n) is 15.6. The largest absolute Gasteiger partial charge is 0.495 e. The molecule has 0 amide bonds. The van der Waals surface area contributed by atoms with Gasteiger partial charge in [0.15, 0.2) is 11.2 Å². The summed E-state index contributed by atoms with van der Waals surface area (Å²) in [5.74, 6) is 1.30. The van der Waals surface area contributed by atoms with Gasteiger partial charge in [0.1, 0.15) is 5.75 Å². The first-order valence-corrected chi connectivity index (χ1v) is 9.03. The quantitative estimate of drug-likeness (QED) is 0.530. The summed E-state index contributed by atoms with van der Waals surface area (Å²) in [6, 6.07) is 5.37. The monoisotopic (exact) mass is 402 g/mol. The fourth-order valence-electron chi connectivity index (χ4n) is 3.31. The number of imidazole rings is 2. The molecule has 10 heteroatoms. The molecule has 0 fully saturated rings. The number of aromatic amines is 1. The molecule has 0 saturated carbocycles. The van der Waals surface area contributed by atoms with Crippen molar-refractivity contribution in [1.29, 1.82) is 0 Å². The highest BCUT2D eigenvalue weighted by Crippen LogP contribution is 2.27. The van der Waals surface area contributed by atoms with Crippen molar-refractivity contribution >= 4 is 34.2 Å². The molecule has 1 aromatic carbocycles. The van der Waals surface area contributed by atoms with E-state index >= 15 is 0 Å². The van der Waals surface area contributed by atoms with Crippen LogP contribution in [0.15, 0.2) is 34.0 Å². The van der Waals surface area contributed by atoms with Crippen LogP contribution in [0.3, 0.4) is 0 Å². The number of rotatable bonds is 5. The van der Waals surface area contributed by atoms with Crippen LogP contribution < -0.4 is 21.3 Å². The molecule has 3 heterocycles. The predicted octanol–water partition coefficient (Wildman–Crippen LogP) is 1.76. The Kier molecular flexibility index (Phi) is 4.38. The van der Waals surface area contributed by atoms with E-state index < -0.39 is 11.2 Å². The van der Waals surface area contributed by atoms with Gasteiger partial charge in [-0.3, -0.25) is 18.7 Å². The Morgan fingerprint density at radius 1 is 1.32 bits per heavy atom. The van der Waals surface area contributed by atoms with Crippen LogP contribution in [-0.2, 0) is 13.6 Å². The van der Waals surface area contributed by atoms with E-state index in [1.54, 1.807) is 36.8 Å². The van der Waals surface area contributed by atoms with Crippen molar-refractivity contribution in [1.82, 2.24) is 23.5 Å². The highest BCUT2D eigenvalue weighted by molar-refractivity contribution is 6.30. The number of anilines is 1. The van der Waals surface area contributed by atoms with Gasteiger partial charge in [0.2, 0.25) is 5.78 Å². The highest BCUT2D eigenvalue weighted by Gasteiger charge is 2.17. The fraction of sp³-hybridized carbons (Fsp3) is 0.278. The van der Waals surface area contributed by atoms with Crippen molar-refractivity contribution in [2.24, 2.45) is 7.05 Å². The molecule has 0 aliphatic heterocycles. The summed E-state index contributed by atoms with van der Waals surface area (Å²) in [5, 5.41) is 3.92. The number of fused-ring (bicyclic) bond motifs is 3. The lowest BCUT2D eigenvalue weighted by atomic mass is 10.3. The number of hydrogen-bond acceptors (Lipinski definition) is 5. The molecule has 0 saturated heterocycles. The second-order valence-electron chi connectivity index (χ2n) is 6.47. The topological polar surface area (TPSA) is 98.4 Å². The summed E-state index contributed by atoms with van der Waals surface area (Å²) in [4.78, 5) is 31.0. The van der Waals surface area contributed by atoms with Gasteiger partial charge >= 0.3 is 5.69 Å². The molecule has 9 nitrogen and oxygen atoms in total. The number of methoxy groups -OCH3 is 1. The molecular formula is C18H19ClN6O3. The number of halogens is 1. The third kappa shape index (κ3) is 2.84. The molecule has 146 valence electrons. The summed E-state index contributed by atoms with van der Waals surface area (Å²) in [7, 11) is 3.18. The van der Waals surface area contributed by atoms with Crippen LogP contribution in [0.5, 0.6) is 5.75 Å². The number of benzene rings is 1. The zero-order chi connectivity index (χ0) is 20.0. The van der Waals surface area contributed by atoms with Gasteiger partial charge in [-0.25, -0.2) is 4.79 Å². The Hall–Kier alpha value is -3.20. The van der Waals surface area contributed by atoms with E-state index in [4.69, 9.17) is 16.3 Å².